The van der Waals surface area contributed by atoms with Gasteiger partial charge in [0, 0.05) is 81.0 Å². The van der Waals surface area contributed by atoms with Crippen molar-refractivity contribution in [3.05, 3.63) is 27.8 Å². The number of ether oxygens (including phenoxy) is 2. The molecule has 16 heteroatoms. The molecule has 4 aliphatic rings. The van der Waals surface area contributed by atoms with E-state index in [0.717, 1.165) is 63.4 Å². The minimum atomic E-state index is -1.09. The first kappa shape index (κ1) is 36.6. The molecule has 3 saturated heterocycles. The monoisotopic (exact) mass is 722 g/mol. The Morgan fingerprint density at radius 3 is 2.61 bits per heavy atom. The number of rotatable bonds is 6. The molecule has 4 N–H and O–H groups in total. The zero-order chi connectivity index (χ0) is 36.5. The van der Waals surface area contributed by atoms with E-state index < -0.39 is 17.0 Å². The molecule has 2 aromatic heterocycles. The number of thiophene rings is 1. The molecule has 1 unspecified atom stereocenters. The lowest BCUT2D eigenvalue weighted by atomic mass is 9.72. The van der Waals surface area contributed by atoms with Crippen LogP contribution in [-0.4, -0.2) is 114 Å². The van der Waals surface area contributed by atoms with Crippen LogP contribution in [0.15, 0.2) is 11.2 Å². The Balaban J connectivity index is 1.26. The number of anilines is 3. The van der Waals surface area contributed by atoms with Crippen molar-refractivity contribution < 1.29 is 23.9 Å². The van der Waals surface area contributed by atoms with Gasteiger partial charge in [-0.2, -0.15) is 10.2 Å². The van der Waals surface area contributed by atoms with E-state index in [1.165, 1.54) is 11.3 Å². The summed E-state index contributed by atoms with van der Waals surface area (Å²) in [5.41, 5.74) is 12.3. The van der Waals surface area contributed by atoms with Crippen LogP contribution in [-0.2, 0) is 30.9 Å². The zero-order valence-corrected chi connectivity index (χ0v) is 31.1. The average molecular weight is 723 g/mol. The summed E-state index contributed by atoms with van der Waals surface area (Å²) in [5.74, 6) is 0.468. The fourth-order valence-electron chi connectivity index (χ4n) is 7.46. The fraction of sp³-hybridized carbons (Fsp3) is 0.657. The summed E-state index contributed by atoms with van der Waals surface area (Å²) in [5, 5.41) is 14.3. The van der Waals surface area contributed by atoms with Gasteiger partial charge in [-0.1, -0.05) is 5.16 Å². The summed E-state index contributed by atoms with van der Waals surface area (Å²) < 4.78 is 11.3. The molecule has 6 rings (SSSR count). The van der Waals surface area contributed by atoms with Gasteiger partial charge in [0.2, 0.25) is 5.95 Å². The van der Waals surface area contributed by atoms with Gasteiger partial charge in [0.05, 0.1) is 17.6 Å². The number of oxime groups is 1. The second-order valence-corrected chi connectivity index (χ2v) is 16.2. The average Bonchev–Trinajstić information content (AvgIpc) is 3.70. The van der Waals surface area contributed by atoms with Crippen molar-refractivity contribution >= 4 is 46.0 Å². The highest BCUT2D eigenvalue weighted by Gasteiger charge is 2.45. The molecule has 3 atom stereocenters. The number of amidine groups is 1. The lowest BCUT2D eigenvalue weighted by molar-refractivity contribution is -0.150. The number of aromatic nitrogens is 2. The van der Waals surface area contributed by atoms with Crippen LogP contribution in [0.3, 0.4) is 0 Å². The molecule has 0 aromatic carbocycles. The first-order valence-corrected chi connectivity index (χ1v) is 18.7. The summed E-state index contributed by atoms with van der Waals surface area (Å²) in [4.78, 5) is 51.3. The normalized spacial score (nSPS) is 24.9. The van der Waals surface area contributed by atoms with Gasteiger partial charge in [-0.15, -0.1) is 11.3 Å². The molecule has 0 spiro atoms. The number of fused-ring (bicyclic) bond motifs is 1. The number of piperazine rings is 1. The van der Waals surface area contributed by atoms with E-state index in [9.17, 15) is 14.9 Å². The second-order valence-electron chi connectivity index (χ2n) is 15.1. The molecular formula is C35H50N10O5S. The van der Waals surface area contributed by atoms with Crippen LogP contribution in [0.5, 0.6) is 0 Å². The molecule has 15 nitrogen and oxygen atoms in total. The van der Waals surface area contributed by atoms with Gasteiger partial charge >= 0.3 is 12.1 Å². The number of nitrogen functional groups attached to an aromatic ring is 1. The Bertz CT molecular complexity index is 1690. The molecule has 0 radical (unpaired) electrons. The molecule has 51 heavy (non-hydrogen) atoms. The van der Waals surface area contributed by atoms with Crippen LogP contribution in [0.1, 0.15) is 82.0 Å². The standard InChI is InChI=1S/C35H50N10O5S/c1-22-20-44(23-9-17-48-21-23)11-7-12-45(22)32-39-25(18-27(40-32)42-13-15-43(16-14-42)33(47)49-34(2,3)4)29(37)41-50-31(46)35(5)10-6-8-26-28(35)24(19-36)30(38)51-26/h18,22-23H,6-17,20-21,38H2,1-5H3,(H2,37,41)/t22-,23?,35-/m0/s1. The number of nitriles is 1. The van der Waals surface area contributed by atoms with E-state index in [2.05, 4.69) is 32.8 Å². The summed E-state index contributed by atoms with van der Waals surface area (Å²) in [6, 6.07) is 4.43. The molecule has 0 saturated carbocycles. The highest BCUT2D eigenvalue weighted by atomic mass is 32.1. The highest BCUT2D eigenvalue weighted by Crippen LogP contribution is 2.46. The van der Waals surface area contributed by atoms with E-state index >= 15 is 0 Å². The summed E-state index contributed by atoms with van der Waals surface area (Å²) >= 11 is 1.35. The molecule has 5 heterocycles. The van der Waals surface area contributed by atoms with E-state index in [4.69, 9.17) is 35.7 Å². The Morgan fingerprint density at radius 2 is 1.92 bits per heavy atom. The third kappa shape index (κ3) is 7.85. The highest BCUT2D eigenvalue weighted by molar-refractivity contribution is 7.16. The van der Waals surface area contributed by atoms with Gasteiger partial charge in [0.1, 0.15) is 28.2 Å². The maximum atomic E-state index is 13.7. The molecule has 3 fully saturated rings. The van der Waals surface area contributed by atoms with Crippen molar-refractivity contribution in [1.82, 2.24) is 19.8 Å². The number of hydrogen-bond donors (Lipinski definition) is 2. The summed E-state index contributed by atoms with van der Waals surface area (Å²) in [6.07, 6.45) is 3.61. The Labute approximate surface area is 303 Å². The van der Waals surface area contributed by atoms with Crippen molar-refractivity contribution in [1.29, 1.82) is 5.26 Å². The number of hydrogen-bond acceptors (Lipinski definition) is 14. The van der Waals surface area contributed by atoms with Gasteiger partial charge in [-0.05, 0) is 66.7 Å². The predicted molar refractivity (Wildman–Crippen MR) is 195 cm³/mol. The minimum absolute atomic E-state index is 0.0715. The van der Waals surface area contributed by atoms with Crippen molar-refractivity contribution in [2.24, 2.45) is 10.9 Å². The molecule has 2 aromatic rings. The van der Waals surface area contributed by atoms with Crippen LogP contribution in [0.2, 0.25) is 0 Å². The van der Waals surface area contributed by atoms with E-state index in [1.54, 1.807) is 17.9 Å². The number of carbonyl (C=O) groups excluding carboxylic acids is 2. The number of aryl methyl sites for hydroxylation is 1. The van der Waals surface area contributed by atoms with Gasteiger partial charge in [0.15, 0.2) is 5.84 Å². The molecular weight excluding hydrogens is 673 g/mol. The Kier molecular flexibility index (Phi) is 10.6. The van der Waals surface area contributed by atoms with E-state index in [-0.39, 0.29) is 18.0 Å². The number of nitrogens with two attached hydrogens (primary N) is 2. The maximum Gasteiger partial charge on any atom is 0.410 e. The topological polar surface area (TPSA) is 189 Å². The SMILES string of the molecule is C[C@H]1CN(C2CCOC2)CCCN1c1nc(/C(N)=N/OC(=O)[C@@]2(C)CCCc3sc(N)c(C#N)c32)cc(N2CCN(C(=O)OC(C)(C)C)CC2)n1. The van der Waals surface area contributed by atoms with Crippen LogP contribution in [0.25, 0.3) is 0 Å². The van der Waals surface area contributed by atoms with Gasteiger partial charge in [0.25, 0.3) is 0 Å². The minimum Gasteiger partial charge on any atom is -0.444 e. The number of amides is 1. The molecule has 3 aliphatic heterocycles. The van der Waals surface area contributed by atoms with Crippen LogP contribution < -0.4 is 21.3 Å². The van der Waals surface area contributed by atoms with E-state index in [0.29, 0.717) is 72.2 Å². The molecule has 1 amide bonds. The molecule has 0 bridgehead atoms. The largest absolute Gasteiger partial charge is 0.444 e. The molecule has 276 valence electrons. The first-order chi connectivity index (χ1) is 24.3. The van der Waals surface area contributed by atoms with E-state index in [1.807, 2.05) is 20.8 Å². The summed E-state index contributed by atoms with van der Waals surface area (Å²) in [6.45, 7) is 15.6. The second kappa shape index (κ2) is 14.8. The lowest BCUT2D eigenvalue weighted by Gasteiger charge is -2.37. The van der Waals surface area contributed by atoms with Gasteiger partial charge in [-0.25, -0.2) is 14.6 Å². The van der Waals surface area contributed by atoms with Crippen molar-refractivity contribution in [3.8, 4) is 6.07 Å². The van der Waals surface area contributed by atoms with Crippen molar-refractivity contribution in [2.45, 2.75) is 89.8 Å². The first-order valence-electron chi connectivity index (χ1n) is 17.8. The maximum absolute atomic E-state index is 13.7. The Morgan fingerprint density at radius 1 is 1.16 bits per heavy atom. The smallest absolute Gasteiger partial charge is 0.410 e. The zero-order valence-electron chi connectivity index (χ0n) is 30.3. The number of carbonyl (C=O) groups is 2. The van der Waals surface area contributed by atoms with Crippen molar-refractivity contribution in [3.63, 3.8) is 0 Å². The third-order valence-corrected chi connectivity index (χ3v) is 11.3. The quantitative estimate of drug-likeness (QED) is 0.192. The van der Waals surface area contributed by atoms with Crippen molar-refractivity contribution in [2.75, 3.05) is 74.6 Å². The predicted octanol–water partition coefficient (Wildman–Crippen LogP) is 3.20. The lowest BCUT2D eigenvalue weighted by Crippen LogP contribution is -2.50. The Hall–Kier alpha value is -4.20. The summed E-state index contributed by atoms with van der Waals surface area (Å²) in [7, 11) is 0. The van der Waals surface area contributed by atoms with Crippen LogP contribution in [0, 0.1) is 11.3 Å². The third-order valence-electron chi connectivity index (χ3n) is 10.2. The fourth-order valence-corrected chi connectivity index (χ4v) is 8.65. The number of nitrogens with zero attached hydrogens (tertiary/aromatic N) is 8. The van der Waals surface area contributed by atoms with Crippen LogP contribution in [0.4, 0.5) is 21.6 Å². The molecule has 1 aliphatic carbocycles. The van der Waals surface area contributed by atoms with Gasteiger partial charge < -0.3 is 40.5 Å². The van der Waals surface area contributed by atoms with Gasteiger partial charge in [-0.3, -0.25) is 4.90 Å². The van der Waals surface area contributed by atoms with Crippen LogP contribution >= 0.6 is 11.3 Å².